The SMILES string of the molecule is Cc1ccc(OCC(O)CNCC(C)(C)C)c(C)c1. The number of benzene rings is 1. The maximum atomic E-state index is 9.87. The Morgan fingerprint density at radius 1 is 1.26 bits per heavy atom. The summed E-state index contributed by atoms with van der Waals surface area (Å²) < 4.78 is 5.65. The monoisotopic (exact) mass is 265 g/mol. The van der Waals surface area contributed by atoms with E-state index in [-0.39, 0.29) is 5.41 Å². The van der Waals surface area contributed by atoms with Crippen molar-refractivity contribution in [2.75, 3.05) is 19.7 Å². The maximum absolute atomic E-state index is 9.87. The highest BCUT2D eigenvalue weighted by atomic mass is 16.5. The zero-order chi connectivity index (χ0) is 14.5. The van der Waals surface area contributed by atoms with Crippen LogP contribution in [0.15, 0.2) is 18.2 Å². The minimum absolute atomic E-state index is 0.230. The Balaban J connectivity index is 2.32. The first-order chi connectivity index (χ1) is 8.78. The van der Waals surface area contributed by atoms with Gasteiger partial charge in [0.25, 0.3) is 0 Å². The highest BCUT2D eigenvalue weighted by Gasteiger charge is 2.11. The molecule has 2 N–H and O–H groups in total. The molecule has 0 aliphatic heterocycles. The Hall–Kier alpha value is -1.06. The third kappa shape index (κ3) is 6.60. The topological polar surface area (TPSA) is 41.5 Å². The molecule has 0 spiro atoms. The molecule has 1 rings (SSSR count). The minimum Gasteiger partial charge on any atom is -0.491 e. The molecule has 0 aromatic heterocycles. The Labute approximate surface area is 117 Å². The number of ether oxygens (including phenoxy) is 1. The first-order valence-electron chi connectivity index (χ1n) is 6.87. The first kappa shape index (κ1) is 16.0. The second-order valence-corrected chi connectivity index (χ2v) is 6.43. The average molecular weight is 265 g/mol. The van der Waals surface area contributed by atoms with Gasteiger partial charge in [0.05, 0.1) is 0 Å². The highest BCUT2D eigenvalue weighted by Crippen LogP contribution is 2.18. The van der Waals surface area contributed by atoms with Gasteiger partial charge < -0.3 is 15.2 Å². The van der Waals surface area contributed by atoms with Gasteiger partial charge in [0.15, 0.2) is 0 Å². The van der Waals surface area contributed by atoms with E-state index in [9.17, 15) is 5.11 Å². The standard InChI is InChI=1S/C16H27NO2/c1-12-6-7-15(13(2)8-12)19-10-14(18)9-17-11-16(3,4)5/h6-8,14,17-18H,9-11H2,1-5H3. The van der Waals surface area contributed by atoms with E-state index < -0.39 is 6.10 Å². The molecule has 0 fully saturated rings. The number of aliphatic hydroxyl groups is 1. The summed E-state index contributed by atoms with van der Waals surface area (Å²) in [7, 11) is 0. The first-order valence-corrected chi connectivity index (χ1v) is 6.87. The molecule has 0 saturated heterocycles. The second kappa shape index (κ2) is 6.92. The fourth-order valence-corrected chi connectivity index (χ4v) is 1.82. The fourth-order valence-electron chi connectivity index (χ4n) is 1.82. The Morgan fingerprint density at radius 3 is 2.53 bits per heavy atom. The van der Waals surface area contributed by atoms with Gasteiger partial charge in [0.2, 0.25) is 0 Å². The molecule has 1 atom stereocenters. The van der Waals surface area contributed by atoms with Crippen LogP contribution in [0.1, 0.15) is 31.9 Å². The van der Waals surface area contributed by atoms with Crippen molar-refractivity contribution in [3.63, 3.8) is 0 Å². The van der Waals surface area contributed by atoms with Crippen LogP contribution in [-0.4, -0.2) is 30.9 Å². The highest BCUT2D eigenvalue weighted by molar-refractivity contribution is 5.35. The summed E-state index contributed by atoms with van der Waals surface area (Å²) in [6.07, 6.45) is -0.483. The summed E-state index contributed by atoms with van der Waals surface area (Å²) in [6.45, 7) is 12.3. The van der Waals surface area contributed by atoms with E-state index in [4.69, 9.17) is 4.74 Å². The van der Waals surface area contributed by atoms with Crippen LogP contribution >= 0.6 is 0 Å². The van der Waals surface area contributed by atoms with E-state index >= 15 is 0 Å². The van der Waals surface area contributed by atoms with Gasteiger partial charge in [-0.1, -0.05) is 38.5 Å². The lowest BCUT2D eigenvalue weighted by Gasteiger charge is -2.20. The molecular weight excluding hydrogens is 238 g/mol. The molecule has 108 valence electrons. The van der Waals surface area contributed by atoms with Gasteiger partial charge in [-0.05, 0) is 30.9 Å². The van der Waals surface area contributed by atoms with Crippen molar-refractivity contribution in [1.29, 1.82) is 0 Å². The average Bonchev–Trinajstić information content (AvgIpc) is 2.26. The molecule has 3 nitrogen and oxygen atoms in total. The number of aliphatic hydroxyl groups excluding tert-OH is 1. The van der Waals surface area contributed by atoms with Crippen LogP contribution in [0.3, 0.4) is 0 Å². The van der Waals surface area contributed by atoms with Gasteiger partial charge in [-0.25, -0.2) is 0 Å². The molecule has 0 heterocycles. The Bertz CT molecular complexity index is 396. The molecule has 0 bridgehead atoms. The quantitative estimate of drug-likeness (QED) is 0.831. The van der Waals surface area contributed by atoms with Gasteiger partial charge in [0, 0.05) is 13.1 Å². The van der Waals surface area contributed by atoms with Crippen molar-refractivity contribution in [2.24, 2.45) is 5.41 Å². The van der Waals surface area contributed by atoms with Gasteiger partial charge >= 0.3 is 0 Å². The minimum atomic E-state index is -0.483. The third-order valence-corrected chi connectivity index (χ3v) is 2.80. The van der Waals surface area contributed by atoms with Crippen molar-refractivity contribution in [2.45, 2.75) is 40.7 Å². The fraction of sp³-hybridized carbons (Fsp3) is 0.625. The van der Waals surface area contributed by atoms with Crippen molar-refractivity contribution in [3.8, 4) is 5.75 Å². The lowest BCUT2D eigenvalue weighted by molar-refractivity contribution is 0.104. The summed E-state index contributed by atoms with van der Waals surface area (Å²) in [5.41, 5.74) is 2.56. The van der Waals surface area contributed by atoms with E-state index in [0.29, 0.717) is 13.2 Å². The Morgan fingerprint density at radius 2 is 1.95 bits per heavy atom. The summed E-state index contributed by atoms with van der Waals surface area (Å²) in [6, 6.07) is 6.06. The normalized spacial score (nSPS) is 13.4. The van der Waals surface area contributed by atoms with Crippen LogP contribution in [0.5, 0.6) is 5.75 Å². The van der Waals surface area contributed by atoms with Crippen molar-refractivity contribution >= 4 is 0 Å². The van der Waals surface area contributed by atoms with E-state index in [1.54, 1.807) is 0 Å². The second-order valence-electron chi connectivity index (χ2n) is 6.43. The van der Waals surface area contributed by atoms with Gasteiger partial charge in [-0.2, -0.15) is 0 Å². The molecule has 0 radical (unpaired) electrons. The lowest BCUT2D eigenvalue weighted by Crippen LogP contribution is -2.36. The molecular formula is C16H27NO2. The number of nitrogens with one attached hydrogen (secondary N) is 1. The molecule has 0 aliphatic rings. The van der Waals surface area contributed by atoms with Crippen molar-refractivity contribution < 1.29 is 9.84 Å². The summed E-state index contributed by atoms with van der Waals surface area (Å²) >= 11 is 0. The van der Waals surface area contributed by atoms with Gasteiger partial charge in [-0.15, -0.1) is 0 Å². The number of aryl methyl sites for hydroxylation is 2. The molecule has 1 unspecified atom stereocenters. The smallest absolute Gasteiger partial charge is 0.122 e. The lowest BCUT2D eigenvalue weighted by atomic mass is 9.97. The molecule has 3 heteroatoms. The number of rotatable bonds is 6. The predicted octanol–water partition coefficient (Wildman–Crippen LogP) is 2.68. The zero-order valence-corrected chi connectivity index (χ0v) is 12.8. The maximum Gasteiger partial charge on any atom is 0.122 e. The van der Waals surface area contributed by atoms with Crippen LogP contribution in [0.25, 0.3) is 0 Å². The molecule has 0 aliphatic carbocycles. The molecule has 1 aromatic carbocycles. The molecule has 0 amide bonds. The summed E-state index contributed by atoms with van der Waals surface area (Å²) in [4.78, 5) is 0. The number of hydrogen-bond acceptors (Lipinski definition) is 3. The predicted molar refractivity (Wildman–Crippen MR) is 79.7 cm³/mol. The summed E-state index contributed by atoms with van der Waals surface area (Å²) in [5, 5.41) is 13.1. The van der Waals surface area contributed by atoms with Crippen LogP contribution in [0.2, 0.25) is 0 Å². The van der Waals surface area contributed by atoms with Crippen molar-refractivity contribution in [3.05, 3.63) is 29.3 Å². The van der Waals surface area contributed by atoms with Crippen LogP contribution in [0.4, 0.5) is 0 Å². The number of hydrogen-bond donors (Lipinski definition) is 2. The van der Waals surface area contributed by atoms with Gasteiger partial charge in [-0.3, -0.25) is 0 Å². The molecule has 1 aromatic rings. The zero-order valence-electron chi connectivity index (χ0n) is 12.8. The van der Waals surface area contributed by atoms with Crippen LogP contribution in [0, 0.1) is 19.3 Å². The van der Waals surface area contributed by atoms with Gasteiger partial charge in [0.1, 0.15) is 18.5 Å². The van der Waals surface area contributed by atoms with E-state index in [1.807, 2.05) is 19.1 Å². The summed E-state index contributed by atoms with van der Waals surface area (Å²) in [5.74, 6) is 0.848. The largest absolute Gasteiger partial charge is 0.491 e. The Kier molecular flexibility index (Phi) is 5.83. The van der Waals surface area contributed by atoms with E-state index in [1.165, 1.54) is 5.56 Å². The third-order valence-electron chi connectivity index (χ3n) is 2.80. The van der Waals surface area contributed by atoms with Crippen LogP contribution in [-0.2, 0) is 0 Å². The molecule has 19 heavy (non-hydrogen) atoms. The van der Waals surface area contributed by atoms with E-state index in [2.05, 4.69) is 39.1 Å². The van der Waals surface area contributed by atoms with Crippen LogP contribution < -0.4 is 10.1 Å². The van der Waals surface area contributed by atoms with Crippen molar-refractivity contribution in [1.82, 2.24) is 5.32 Å². The molecule has 0 saturated carbocycles. The van der Waals surface area contributed by atoms with E-state index in [0.717, 1.165) is 17.9 Å².